The molecule has 1 aliphatic rings. The standard InChI is InChI=1S/C19H26FNO/c1-11(2)17(12(3)22)18(21)14-8-9-16(19(4,5)20)15(10-14)13-6-7-13/h8-11,13H,6-7,21H2,1-5H3/b18-17-. The van der Waals surface area contributed by atoms with Gasteiger partial charge in [0.05, 0.1) is 0 Å². The summed E-state index contributed by atoms with van der Waals surface area (Å²) in [6.45, 7) is 8.64. The highest BCUT2D eigenvalue weighted by Gasteiger charge is 2.32. The number of allylic oxidation sites excluding steroid dienone is 1. The van der Waals surface area contributed by atoms with E-state index in [1.807, 2.05) is 32.0 Å². The van der Waals surface area contributed by atoms with Gasteiger partial charge >= 0.3 is 0 Å². The molecular formula is C19H26FNO. The number of halogens is 1. The van der Waals surface area contributed by atoms with Crippen LogP contribution < -0.4 is 5.73 Å². The van der Waals surface area contributed by atoms with Gasteiger partial charge in [-0.15, -0.1) is 0 Å². The Morgan fingerprint density at radius 2 is 1.91 bits per heavy atom. The van der Waals surface area contributed by atoms with Crippen LogP contribution in [0.5, 0.6) is 0 Å². The first kappa shape index (κ1) is 16.7. The monoisotopic (exact) mass is 303 g/mol. The molecule has 120 valence electrons. The Labute approximate surface area is 132 Å². The first-order chi connectivity index (χ1) is 10.1. The topological polar surface area (TPSA) is 43.1 Å². The van der Waals surface area contributed by atoms with Crippen molar-refractivity contribution in [2.45, 2.75) is 59.0 Å². The Kier molecular flexibility index (Phi) is 4.46. The number of carbonyl (C=O) groups is 1. The predicted octanol–water partition coefficient (Wildman–Crippen LogP) is 4.68. The minimum absolute atomic E-state index is 0.00429. The highest BCUT2D eigenvalue weighted by molar-refractivity contribution is 6.01. The molecule has 0 bridgehead atoms. The summed E-state index contributed by atoms with van der Waals surface area (Å²) < 4.78 is 14.4. The minimum Gasteiger partial charge on any atom is -0.398 e. The fourth-order valence-electron chi connectivity index (χ4n) is 3.07. The van der Waals surface area contributed by atoms with E-state index >= 15 is 0 Å². The van der Waals surface area contributed by atoms with E-state index in [4.69, 9.17) is 5.73 Å². The van der Waals surface area contributed by atoms with E-state index in [1.54, 1.807) is 20.8 Å². The van der Waals surface area contributed by atoms with Gasteiger partial charge in [0, 0.05) is 11.3 Å². The fraction of sp³-hybridized carbons (Fsp3) is 0.526. The summed E-state index contributed by atoms with van der Waals surface area (Å²) in [6.07, 6.45) is 2.19. The quantitative estimate of drug-likeness (QED) is 0.802. The number of rotatable bonds is 5. The molecule has 2 rings (SSSR count). The zero-order valence-corrected chi connectivity index (χ0v) is 14.2. The molecule has 0 aliphatic heterocycles. The summed E-state index contributed by atoms with van der Waals surface area (Å²) in [4.78, 5) is 11.9. The number of hydrogen-bond donors (Lipinski definition) is 1. The zero-order valence-electron chi connectivity index (χ0n) is 14.2. The Bertz CT molecular complexity index is 619. The molecule has 1 fully saturated rings. The summed E-state index contributed by atoms with van der Waals surface area (Å²) in [5.41, 5.74) is 8.66. The van der Waals surface area contributed by atoms with Crippen LogP contribution in [0, 0.1) is 5.92 Å². The largest absolute Gasteiger partial charge is 0.398 e. The molecule has 0 atom stereocenters. The number of Topliss-reactive ketones (excluding diaryl/α,β-unsaturated/α-hetero) is 1. The molecule has 1 saturated carbocycles. The lowest BCUT2D eigenvalue weighted by Gasteiger charge is -2.21. The summed E-state index contributed by atoms with van der Waals surface area (Å²) in [7, 11) is 0. The van der Waals surface area contributed by atoms with Gasteiger partial charge in [-0.2, -0.15) is 0 Å². The Morgan fingerprint density at radius 3 is 2.32 bits per heavy atom. The van der Waals surface area contributed by atoms with E-state index in [0.717, 1.165) is 29.5 Å². The summed E-state index contributed by atoms with van der Waals surface area (Å²) in [6, 6.07) is 5.64. The molecule has 1 aromatic carbocycles. The Morgan fingerprint density at radius 1 is 1.32 bits per heavy atom. The van der Waals surface area contributed by atoms with Crippen molar-refractivity contribution >= 4 is 11.5 Å². The van der Waals surface area contributed by atoms with Crippen molar-refractivity contribution in [1.82, 2.24) is 0 Å². The van der Waals surface area contributed by atoms with Crippen molar-refractivity contribution in [3.05, 3.63) is 40.5 Å². The first-order valence-corrected chi connectivity index (χ1v) is 7.97. The van der Waals surface area contributed by atoms with E-state index in [2.05, 4.69) is 0 Å². The third kappa shape index (κ3) is 3.40. The Balaban J connectivity index is 2.56. The van der Waals surface area contributed by atoms with Crippen LogP contribution in [0.25, 0.3) is 5.70 Å². The van der Waals surface area contributed by atoms with E-state index < -0.39 is 5.67 Å². The van der Waals surface area contributed by atoms with E-state index in [0.29, 0.717) is 17.2 Å². The molecule has 0 aromatic heterocycles. The van der Waals surface area contributed by atoms with Crippen molar-refractivity contribution in [3.63, 3.8) is 0 Å². The molecule has 2 N–H and O–H groups in total. The van der Waals surface area contributed by atoms with Crippen LogP contribution in [0.2, 0.25) is 0 Å². The second-order valence-corrected chi connectivity index (χ2v) is 7.09. The molecule has 0 unspecified atom stereocenters. The number of ketones is 1. The highest BCUT2D eigenvalue weighted by atomic mass is 19.1. The average molecular weight is 303 g/mol. The van der Waals surface area contributed by atoms with Crippen molar-refractivity contribution in [3.8, 4) is 0 Å². The highest BCUT2D eigenvalue weighted by Crippen LogP contribution is 2.45. The van der Waals surface area contributed by atoms with E-state index in [1.165, 1.54) is 0 Å². The maximum atomic E-state index is 14.4. The lowest BCUT2D eigenvalue weighted by atomic mass is 9.88. The lowest BCUT2D eigenvalue weighted by Crippen LogP contribution is -2.15. The summed E-state index contributed by atoms with van der Waals surface area (Å²) in [5, 5.41) is 0. The maximum absolute atomic E-state index is 14.4. The molecule has 0 radical (unpaired) electrons. The molecule has 0 saturated heterocycles. The molecule has 3 heteroatoms. The molecule has 22 heavy (non-hydrogen) atoms. The van der Waals surface area contributed by atoms with Gasteiger partial charge in [-0.25, -0.2) is 4.39 Å². The van der Waals surface area contributed by atoms with Gasteiger partial charge in [0.2, 0.25) is 0 Å². The number of hydrogen-bond acceptors (Lipinski definition) is 2. The smallest absolute Gasteiger partial charge is 0.158 e. The Hall–Kier alpha value is -1.64. The molecule has 1 aromatic rings. The summed E-state index contributed by atoms with van der Waals surface area (Å²) >= 11 is 0. The first-order valence-electron chi connectivity index (χ1n) is 7.97. The van der Waals surface area contributed by atoms with Crippen LogP contribution >= 0.6 is 0 Å². The normalized spacial score (nSPS) is 16.7. The van der Waals surface area contributed by atoms with Gasteiger partial charge in [-0.05, 0) is 68.2 Å². The molecular weight excluding hydrogens is 277 g/mol. The predicted molar refractivity (Wildman–Crippen MR) is 89.2 cm³/mol. The van der Waals surface area contributed by atoms with Crippen LogP contribution in [-0.2, 0) is 10.5 Å². The van der Waals surface area contributed by atoms with Crippen LogP contribution in [0.15, 0.2) is 23.8 Å². The van der Waals surface area contributed by atoms with Gasteiger partial charge in [0.1, 0.15) is 5.67 Å². The molecule has 0 heterocycles. The van der Waals surface area contributed by atoms with Crippen molar-refractivity contribution < 1.29 is 9.18 Å². The van der Waals surface area contributed by atoms with Crippen molar-refractivity contribution in [2.24, 2.45) is 11.7 Å². The van der Waals surface area contributed by atoms with Gasteiger partial charge in [-0.1, -0.05) is 26.0 Å². The van der Waals surface area contributed by atoms with Gasteiger partial charge in [-0.3, -0.25) is 4.79 Å². The second kappa shape index (κ2) is 5.86. The van der Waals surface area contributed by atoms with Crippen molar-refractivity contribution in [1.29, 1.82) is 0 Å². The molecule has 2 nitrogen and oxygen atoms in total. The third-order valence-corrected chi connectivity index (χ3v) is 4.27. The molecule has 1 aliphatic carbocycles. The fourth-order valence-corrected chi connectivity index (χ4v) is 3.07. The number of alkyl halides is 1. The van der Waals surface area contributed by atoms with Crippen LogP contribution in [-0.4, -0.2) is 5.78 Å². The van der Waals surface area contributed by atoms with Gasteiger partial charge in [0.25, 0.3) is 0 Å². The SMILES string of the molecule is CC(=O)/C(=C(\N)c1ccc(C(C)(C)F)c(C2CC2)c1)C(C)C. The molecule has 0 amide bonds. The van der Waals surface area contributed by atoms with E-state index in [9.17, 15) is 9.18 Å². The van der Waals surface area contributed by atoms with Crippen LogP contribution in [0.3, 0.4) is 0 Å². The van der Waals surface area contributed by atoms with Gasteiger partial charge in [0.15, 0.2) is 5.78 Å². The zero-order chi connectivity index (χ0) is 16.7. The summed E-state index contributed by atoms with van der Waals surface area (Å²) in [5.74, 6) is 0.493. The van der Waals surface area contributed by atoms with Crippen molar-refractivity contribution in [2.75, 3.05) is 0 Å². The van der Waals surface area contributed by atoms with Crippen LogP contribution in [0.4, 0.5) is 4.39 Å². The number of nitrogens with two attached hydrogens (primary N) is 1. The number of benzene rings is 1. The minimum atomic E-state index is -1.36. The molecule has 0 spiro atoms. The average Bonchev–Trinajstić information content (AvgIpc) is 3.20. The van der Waals surface area contributed by atoms with Crippen LogP contribution in [0.1, 0.15) is 70.1 Å². The third-order valence-electron chi connectivity index (χ3n) is 4.27. The lowest BCUT2D eigenvalue weighted by molar-refractivity contribution is -0.113. The van der Waals surface area contributed by atoms with Gasteiger partial charge < -0.3 is 5.73 Å². The number of carbonyl (C=O) groups excluding carboxylic acids is 1. The van der Waals surface area contributed by atoms with E-state index in [-0.39, 0.29) is 11.7 Å². The maximum Gasteiger partial charge on any atom is 0.158 e. The second-order valence-electron chi connectivity index (χ2n) is 7.09.